The smallest absolute Gasteiger partial charge is 0.279 e. The number of thiophene rings is 1. The van der Waals surface area contributed by atoms with Gasteiger partial charge < -0.3 is 5.32 Å². The largest absolute Gasteiger partial charge is 0.324 e. The summed E-state index contributed by atoms with van der Waals surface area (Å²) in [5.41, 5.74) is 3.07. The van der Waals surface area contributed by atoms with E-state index in [1.54, 1.807) is 11.3 Å². The molecule has 1 N–H and O–H groups in total. The number of hydrogen-bond donors (Lipinski definition) is 1. The van der Waals surface area contributed by atoms with Crippen LogP contribution in [0.3, 0.4) is 0 Å². The van der Waals surface area contributed by atoms with E-state index in [0.717, 1.165) is 24.8 Å². The Bertz CT molecular complexity index is 1210. The molecule has 0 spiro atoms. The minimum atomic E-state index is -0.291. The van der Waals surface area contributed by atoms with Crippen molar-refractivity contribution in [1.29, 1.82) is 0 Å². The van der Waals surface area contributed by atoms with E-state index in [1.807, 2.05) is 24.3 Å². The molecule has 0 aliphatic heterocycles. The van der Waals surface area contributed by atoms with Crippen molar-refractivity contribution in [3.8, 4) is 0 Å². The molecule has 32 heavy (non-hydrogen) atoms. The van der Waals surface area contributed by atoms with E-state index in [0.29, 0.717) is 21.8 Å². The number of benzene rings is 1. The van der Waals surface area contributed by atoms with E-state index in [2.05, 4.69) is 57.2 Å². The van der Waals surface area contributed by atoms with Gasteiger partial charge in [0.1, 0.15) is 6.54 Å². The standard InChI is InChI=1S/C25H32N4O2S/c1-24(2,3)15-7-10-17(11-8-15)26-20(30)14-29-23(31)21-18-12-9-16(25(4,5)6)13-19(18)32-22(21)27-28-29/h7-8,10-11,16H,9,12-14H2,1-6H3,(H,26,30). The fraction of sp³-hybridized carbons (Fsp3) is 0.520. The Morgan fingerprint density at radius 3 is 2.47 bits per heavy atom. The Balaban J connectivity index is 1.54. The lowest BCUT2D eigenvalue weighted by Crippen LogP contribution is -2.31. The fourth-order valence-electron chi connectivity index (χ4n) is 4.36. The van der Waals surface area contributed by atoms with Crippen LogP contribution in [0.25, 0.3) is 10.2 Å². The van der Waals surface area contributed by atoms with Gasteiger partial charge in [0, 0.05) is 10.6 Å². The van der Waals surface area contributed by atoms with Crippen LogP contribution in [0.4, 0.5) is 5.69 Å². The van der Waals surface area contributed by atoms with Crippen LogP contribution in [0.1, 0.15) is 64.0 Å². The van der Waals surface area contributed by atoms with Gasteiger partial charge in [-0.15, -0.1) is 16.4 Å². The average Bonchev–Trinajstić information content (AvgIpc) is 3.07. The van der Waals surface area contributed by atoms with Crippen LogP contribution in [0.15, 0.2) is 29.1 Å². The van der Waals surface area contributed by atoms with E-state index >= 15 is 0 Å². The maximum atomic E-state index is 13.2. The Morgan fingerprint density at radius 2 is 1.84 bits per heavy atom. The first-order chi connectivity index (χ1) is 14.9. The van der Waals surface area contributed by atoms with Crippen LogP contribution >= 0.6 is 11.3 Å². The minimum absolute atomic E-state index is 0.0490. The average molecular weight is 453 g/mol. The molecular weight excluding hydrogens is 420 g/mol. The molecule has 0 bridgehead atoms. The Labute approximate surface area is 193 Å². The summed E-state index contributed by atoms with van der Waals surface area (Å²) in [4.78, 5) is 27.7. The number of aryl methyl sites for hydroxylation is 1. The lowest BCUT2D eigenvalue weighted by molar-refractivity contribution is -0.117. The van der Waals surface area contributed by atoms with Gasteiger partial charge in [-0.25, -0.2) is 4.68 Å². The summed E-state index contributed by atoms with van der Waals surface area (Å²) >= 11 is 1.58. The highest BCUT2D eigenvalue weighted by molar-refractivity contribution is 7.18. The molecule has 0 fully saturated rings. The number of carbonyl (C=O) groups is 1. The first-order valence-corrected chi connectivity index (χ1v) is 12.0. The minimum Gasteiger partial charge on any atom is -0.324 e. The first kappa shape index (κ1) is 22.6. The molecule has 1 aromatic carbocycles. The van der Waals surface area contributed by atoms with Crippen molar-refractivity contribution in [2.75, 3.05) is 5.32 Å². The maximum Gasteiger partial charge on any atom is 0.279 e. The van der Waals surface area contributed by atoms with Crippen molar-refractivity contribution in [3.63, 3.8) is 0 Å². The van der Waals surface area contributed by atoms with E-state index < -0.39 is 0 Å². The molecule has 4 rings (SSSR count). The zero-order valence-electron chi connectivity index (χ0n) is 19.8. The van der Waals surface area contributed by atoms with Crippen LogP contribution in [-0.2, 0) is 29.6 Å². The third-order valence-electron chi connectivity index (χ3n) is 6.49. The highest BCUT2D eigenvalue weighted by Gasteiger charge is 2.32. The summed E-state index contributed by atoms with van der Waals surface area (Å²) in [5, 5.41) is 11.8. The van der Waals surface area contributed by atoms with Gasteiger partial charge in [0.05, 0.1) is 5.39 Å². The molecule has 1 aliphatic rings. The number of nitrogens with one attached hydrogen (secondary N) is 1. The zero-order valence-corrected chi connectivity index (χ0v) is 20.6. The van der Waals surface area contributed by atoms with Gasteiger partial charge in [0.15, 0.2) is 4.83 Å². The predicted molar refractivity (Wildman–Crippen MR) is 130 cm³/mol. The summed E-state index contributed by atoms with van der Waals surface area (Å²) in [6.45, 7) is 13.1. The lowest BCUT2D eigenvalue weighted by Gasteiger charge is -2.33. The molecule has 6 nitrogen and oxygen atoms in total. The number of rotatable bonds is 3. The van der Waals surface area contributed by atoms with E-state index in [-0.39, 0.29) is 28.8 Å². The van der Waals surface area contributed by atoms with Gasteiger partial charge in [-0.3, -0.25) is 9.59 Å². The third-order valence-corrected chi connectivity index (χ3v) is 7.63. The van der Waals surface area contributed by atoms with Crippen LogP contribution in [0.2, 0.25) is 0 Å². The van der Waals surface area contributed by atoms with Gasteiger partial charge in [-0.2, -0.15) is 0 Å². The number of carbonyl (C=O) groups excluding carboxylic acids is 1. The van der Waals surface area contributed by atoms with Crippen LogP contribution in [0.5, 0.6) is 0 Å². The second-order valence-corrected chi connectivity index (χ2v) is 12.0. The quantitative estimate of drug-likeness (QED) is 0.611. The zero-order chi connectivity index (χ0) is 23.3. The predicted octanol–water partition coefficient (Wildman–Crippen LogP) is 4.94. The Morgan fingerprint density at radius 1 is 1.16 bits per heavy atom. The van der Waals surface area contributed by atoms with Crippen LogP contribution in [-0.4, -0.2) is 20.9 Å². The first-order valence-electron chi connectivity index (χ1n) is 11.2. The molecule has 1 unspecified atom stereocenters. The summed E-state index contributed by atoms with van der Waals surface area (Å²) in [5.74, 6) is 0.301. The van der Waals surface area contributed by atoms with Crippen LogP contribution in [0, 0.1) is 11.3 Å². The van der Waals surface area contributed by atoms with Crippen molar-refractivity contribution in [2.24, 2.45) is 11.3 Å². The number of amides is 1. The normalized spacial score (nSPS) is 16.8. The van der Waals surface area contributed by atoms with Crippen molar-refractivity contribution in [3.05, 3.63) is 50.6 Å². The Hall–Kier alpha value is -2.54. The van der Waals surface area contributed by atoms with Gasteiger partial charge >= 0.3 is 0 Å². The van der Waals surface area contributed by atoms with E-state index in [9.17, 15) is 9.59 Å². The van der Waals surface area contributed by atoms with Crippen molar-refractivity contribution < 1.29 is 4.79 Å². The molecule has 2 aromatic heterocycles. The molecule has 1 aliphatic carbocycles. The molecule has 1 atom stereocenters. The molecule has 1 amide bonds. The van der Waals surface area contributed by atoms with Gasteiger partial charge in [0.2, 0.25) is 5.91 Å². The van der Waals surface area contributed by atoms with Crippen molar-refractivity contribution in [2.45, 2.75) is 72.8 Å². The second kappa shape index (κ2) is 8.10. The maximum absolute atomic E-state index is 13.2. The van der Waals surface area contributed by atoms with Crippen LogP contribution < -0.4 is 10.9 Å². The molecule has 2 heterocycles. The number of aromatic nitrogens is 3. The van der Waals surface area contributed by atoms with Gasteiger partial charge in [-0.05, 0) is 59.3 Å². The molecule has 0 saturated carbocycles. The number of fused-ring (bicyclic) bond motifs is 3. The molecule has 170 valence electrons. The van der Waals surface area contributed by atoms with E-state index in [1.165, 1.54) is 15.1 Å². The summed E-state index contributed by atoms with van der Waals surface area (Å²) in [7, 11) is 0. The Kier molecular flexibility index (Phi) is 5.74. The second-order valence-electron chi connectivity index (χ2n) is 10.9. The molecule has 3 aromatic rings. The molecule has 7 heteroatoms. The molecular formula is C25H32N4O2S. The highest BCUT2D eigenvalue weighted by atomic mass is 32.1. The third kappa shape index (κ3) is 4.49. The SMILES string of the molecule is CC(C)(C)c1ccc(NC(=O)Cn2nnc3sc4c(c3c2=O)CCC(C(C)(C)C)C4)cc1. The number of hydrogen-bond acceptors (Lipinski definition) is 5. The summed E-state index contributed by atoms with van der Waals surface area (Å²) < 4.78 is 1.18. The molecule has 0 saturated heterocycles. The topological polar surface area (TPSA) is 76.9 Å². The van der Waals surface area contributed by atoms with Gasteiger partial charge in [0.25, 0.3) is 5.56 Å². The van der Waals surface area contributed by atoms with E-state index in [4.69, 9.17) is 0 Å². The monoisotopic (exact) mass is 452 g/mol. The van der Waals surface area contributed by atoms with Crippen molar-refractivity contribution in [1.82, 2.24) is 15.0 Å². The fourth-order valence-corrected chi connectivity index (χ4v) is 5.59. The summed E-state index contributed by atoms with van der Waals surface area (Å²) in [6, 6.07) is 7.79. The lowest BCUT2D eigenvalue weighted by atomic mass is 9.72. The van der Waals surface area contributed by atoms with Crippen molar-refractivity contribution >= 4 is 33.1 Å². The summed E-state index contributed by atoms with van der Waals surface area (Å²) in [6.07, 6.45) is 2.92. The molecule has 0 radical (unpaired) electrons. The van der Waals surface area contributed by atoms with Gasteiger partial charge in [-0.1, -0.05) is 58.9 Å². The number of anilines is 1. The number of nitrogens with zero attached hydrogens (tertiary/aromatic N) is 3. The highest BCUT2D eigenvalue weighted by Crippen LogP contribution is 2.41.